The van der Waals surface area contributed by atoms with Crippen LogP contribution in [0.5, 0.6) is 0 Å². The Morgan fingerprint density at radius 1 is 1.31 bits per heavy atom. The van der Waals surface area contributed by atoms with E-state index in [0.29, 0.717) is 11.8 Å². The molecule has 0 aromatic carbocycles. The molecule has 0 aromatic heterocycles. The zero-order valence-corrected chi connectivity index (χ0v) is 11.0. The third kappa shape index (κ3) is 2.18. The van der Waals surface area contributed by atoms with Crippen LogP contribution in [0.3, 0.4) is 0 Å². The lowest BCUT2D eigenvalue weighted by Crippen LogP contribution is -2.48. The van der Waals surface area contributed by atoms with Gasteiger partial charge in [-0.25, -0.2) is 0 Å². The third-order valence-corrected chi connectivity index (χ3v) is 4.15. The van der Waals surface area contributed by atoms with E-state index in [0.717, 1.165) is 19.6 Å². The van der Waals surface area contributed by atoms with Crippen molar-refractivity contribution >= 4 is 0 Å². The maximum atomic E-state index is 5.89. The summed E-state index contributed by atoms with van der Waals surface area (Å²) >= 11 is 0. The SMILES string of the molecule is CC1=CCC2(COC(C(C)C)OC2)[C@H](C)C1. The van der Waals surface area contributed by atoms with Crippen LogP contribution < -0.4 is 0 Å². The highest BCUT2D eigenvalue weighted by atomic mass is 16.7. The first-order valence-electron chi connectivity index (χ1n) is 6.42. The summed E-state index contributed by atoms with van der Waals surface area (Å²) in [6, 6.07) is 0. The highest BCUT2D eigenvalue weighted by molar-refractivity contribution is 5.10. The summed E-state index contributed by atoms with van der Waals surface area (Å²) in [5.41, 5.74) is 1.76. The zero-order chi connectivity index (χ0) is 11.8. The van der Waals surface area contributed by atoms with E-state index in [1.54, 1.807) is 0 Å². The number of hydrogen-bond acceptors (Lipinski definition) is 2. The number of allylic oxidation sites excluding steroid dienone is 2. The Kier molecular flexibility index (Phi) is 3.41. The van der Waals surface area contributed by atoms with Gasteiger partial charge in [-0.3, -0.25) is 0 Å². The van der Waals surface area contributed by atoms with E-state index in [1.165, 1.54) is 12.0 Å². The highest BCUT2D eigenvalue weighted by Crippen LogP contribution is 2.43. The van der Waals surface area contributed by atoms with E-state index in [4.69, 9.17) is 9.47 Å². The van der Waals surface area contributed by atoms with Gasteiger partial charge in [-0.1, -0.05) is 32.4 Å². The van der Waals surface area contributed by atoms with Crippen LogP contribution >= 0.6 is 0 Å². The molecular weight excluding hydrogens is 200 g/mol. The van der Waals surface area contributed by atoms with Crippen LogP contribution in [0.15, 0.2) is 11.6 Å². The van der Waals surface area contributed by atoms with Crippen molar-refractivity contribution in [3.05, 3.63) is 11.6 Å². The predicted molar refractivity (Wildman–Crippen MR) is 65.1 cm³/mol. The normalized spacial score (nSPS) is 40.2. The molecule has 0 bridgehead atoms. The first-order chi connectivity index (χ1) is 7.53. The molecule has 2 rings (SSSR count). The van der Waals surface area contributed by atoms with Gasteiger partial charge in [0.1, 0.15) is 0 Å². The molecule has 0 radical (unpaired) electrons. The third-order valence-electron chi connectivity index (χ3n) is 4.15. The molecule has 1 heterocycles. The van der Waals surface area contributed by atoms with Crippen LogP contribution in [0.2, 0.25) is 0 Å². The van der Waals surface area contributed by atoms with Crippen molar-refractivity contribution in [1.82, 2.24) is 0 Å². The molecule has 0 amide bonds. The van der Waals surface area contributed by atoms with Crippen LogP contribution in [0.25, 0.3) is 0 Å². The average molecular weight is 224 g/mol. The van der Waals surface area contributed by atoms with E-state index < -0.39 is 0 Å². The van der Waals surface area contributed by atoms with Crippen LogP contribution in [0.4, 0.5) is 0 Å². The van der Waals surface area contributed by atoms with Gasteiger partial charge in [-0.2, -0.15) is 0 Å². The van der Waals surface area contributed by atoms with Gasteiger partial charge in [0, 0.05) is 11.3 Å². The molecule has 16 heavy (non-hydrogen) atoms. The molecule has 1 aliphatic heterocycles. The lowest BCUT2D eigenvalue weighted by atomic mass is 9.68. The van der Waals surface area contributed by atoms with Gasteiger partial charge < -0.3 is 9.47 Å². The van der Waals surface area contributed by atoms with Crippen molar-refractivity contribution in [2.24, 2.45) is 17.3 Å². The molecule has 92 valence electrons. The van der Waals surface area contributed by atoms with Crippen molar-refractivity contribution in [2.75, 3.05) is 13.2 Å². The summed E-state index contributed by atoms with van der Waals surface area (Å²) in [4.78, 5) is 0. The Labute approximate surface area is 99.0 Å². The maximum Gasteiger partial charge on any atom is 0.159 e. The molecule has 0 aromatic rings. The van der Waals surface area contributed by atoms with Crippen LogP contribution in [0, 0.1) is 17.3 Å². The molecule has 0 N–H and O–H groups in total. The molecule has 2 aliphatic rings. The van der Waals surface area contributed by atoms with Gasteiger partial charge in [0.25, 0.3) is 0 Å². The second-order valence-electron chi connectivity index (χ2n) is 5.96. The summed E-state index contributed by atoms with van der Waals surface area (Å²) in [6.45, 7) is 10.6. The van der Waals surface area contributed by atoms with E-state index in [1.807, 2.05) is 0 Å². The second-order valence-corrected chi connectivity index (χ2v) is 5.96. The Morgan fingerprint density at radius 2 is 1.94 bits per heavy atom. The summed E-state index contributed by atoms with van der Waals surface area (Å²) < 4.78 is 11.8. The molecule has 1 spiro atoms. The quantitative estimate of drug-likeness (QED) is 0.636. The molecular formula is C14H24O2. The molecule has 1 aliphatic carbocycles. The molecule has 1 atom stereocenters. The van der Waals surface area contributed by atoms with Gasteiger partial charge in [0.05, 0.1) is 13.2 Å². The van der Waals surface area contributed by atoms with Crippen molar-refractivity contribution in [3.63, 3.8) is 0 Å². The summed E-state index contributed by atoms with van der Waals surface area (Å²) in [5, 5.41) is 0. The van der Waals surface area contributed by atoms with Crippen molar-refractivity contribution in [3.8, 4) is 0 Å². The van der Waals surface area contributed by atoms with Gasteiger partial charge in [0.15, 0.2) is 6.29 Å². The van der Waals surface area contributed by atoms with Gasteiger partial charge in [0.2, 0.25) is 0 Å². The zero-order valence-electron chi connectivity index (χ0n) is 11.0. The minimum Gasteiger partial charge on any atom is -0.352 e. The smallest absolute Gasteiger partial charge is 0.159 e. The van der Waals surface area contributed by atoms with Crippen LogP contribution in [-0.4, -0.2) is 19.5 Å². The molecule has 0 saturated carbocycles. The highest BCUT2D eigenvalue weighted by Gasteiger charge is 2.42. The fraction of sp³-hybridized carbons (Fsp3) is 0.857. The van der Waals surface area contributed by atoms with Gasteiger partial charge in [-0.05, 0) is 25.7 Å². The van der Waals surface area contributed by atoms with E-state index in [-0.39, 0.29) is 11.7 Å². The minimum atomic E-state index is 0.00447. The van der Waals surface area contributed by atoms with E-state index >= 15 is 0 Å². The first kappa shape index (κ1) is 12.1. The molecule has 2 nitrogen and oxygen atoms in total. The van der Waals surface area contributed by atoms with E-state index in [2.05, 4.69) is 33.8 Å². The summed E-state index contributed by atoms with van der Waals surface area (Å²) in [5.74, 6) is 1.12. The Hall–Kier alpha value is -0.340. The van der Waals surface area contributed by atoms with Crippen molar-refractivity contribution in [1.29, 1.82) is 0 Å². The lowest BCUT2D eigenvalue weighted by Gasteiger charge is -2.46. The minimum absolute atomic E-state index is 0.00447. The second kappa shape index (κ2) is 4.50. The molecule has 2 heteroatoms. The topological polar surface area (TPSA) is 18.5 Å². The molecule has 1 saturated heterocycles. The monoisotopic (exact) mass is 224 g/mol. The van der Waals surface area contributed by atoms with Crippen molar-refractivity contribution in [2.45, 2.75) is 46.8 Å². The summed E-state index contributed by atoms with van der Waals surface area (Å²) in [6.07, 6.45) is 4.68. The molecule has 1 fully saturated rings. The predicted octanol–water partition coefficient (Wildman–Crippen LogP) is 3.38. The maximum absolute atomic E-state index is 5.89. The number of ether oxygens (including phenoxy) is 2. The van der Waals surface area contributed by atoms with Crippen LogP contribution in [-0.2, 0) is 9.47 Å². The largest absolute Gasteiger partial charge is 0.352 e. The van der Waals surface area contributed by atoms with Gasteiger partial charge in [-0.15, -0.1) is 0 Å². The fourth-order valence-corrected chi connectivity index (χ4v) is 2.73. The summed E-state index contributed by atoms with van der Waals surface area (Å²) in [7, 11) is 0. The fourth-order valence-electron chi connectivity index (χ4n) is 2.73. The Balaban J connectivity index is 2.01. The number of hydrogen-bond donors (Lipinski definition) is 0. The van der Waals surface area contributed by atoms with Crippen molar-refractivity contribution < 1.29 is 9.47 Å². The van der Waals surface area contributed by atoms with Gasteiger partial charge >= 0.3 is 0 Å². The lowest BCUT2D eigenvalue weighted by molar-refractivity contribution is -0.255. The first-order valence-corrected chi connectivity index (χ1v) is 6.42. The Bertz CT molecular complexity index is 272. The average Bonchev–Trinajstić information content (AvgIpc) is 2.25. The number of rotatable bonds is 1. The molecule has 0 unspecified atom stereocenters. The standard InChI is InChI=1S/C14H24O2/c1-10(2)13-15-8-14(9-16-13)6-5-11(3)7-12(14)4/h5,10,12-13H,6-9H2,1-4H3/t12-,13?,14?/m1/s1. The van der Waals surface area contributed by atoms with E-state index in [9.17, 15) is 0 Å². The Morgan fingerprint density at radius 3 is 2.44 bits per heavy atom. The van der Waals surface area contributed by atoms with Crippen LogP contribution in [0.1, 0.15) is 40.5 Å².